The van der Waals surface area contributed by atoms with Crippen LogP contribution in [0.5, 0.6) is 0 Å². The predicted octanol–water partition coefficient (Wildman–Crippen LogP) is 3.84. The van der Waals surface area contributed by atoms with Crippen LogP contribution >= 0.6 is 23.5 Å². The van der Waals surface area contributed by atoms with Crippen molar-refractivity contribution in [1.82, 2.24) is 47.4 Å². The van der Waals surface area contributed by atoms with E-state index in [0.717, 1.165) is 127 Å². The van der Waals surface area contributed by atoms with Crippen molar-refractivity contribution in [2.75, 3.05) is 90.4 Å². The molecule has 4 heterocycles. The average Bonchev–Trinajstić information content (AvgIpc) is 4.14. The highest BCUT2D eigenvalue weighted by molar-refractivity contribution is 8.00. The van der Waals surface area contributed by atoms with E-state index in [-0.39, 0.29) is 36.6 Å². The van der Waals surface area contributed by atoms with Gasteiger partial charge in [0.25, 0.3) is 5.91 Å². The van der Waals surface area contributed by atoms with Crippen molar-refractivity contribution in [2.45, 2.75) is 150 Å². The number of carbonyl (C=O) groups is 4. The first-order chi connectivity index (χ1) is 35.2. The number of guanidine groups is 2. The Morgan fingerprint density at radius 2 is 1.08 bits per heavy atom. The number of hydrogen-bond donors (Lipinski definition) is 10. The van der Waals surface area contributed by atoms with Gasteiger partial charge in [-0.3, -0.25) is 34.9 Å². The lowest BCUT2D eigenvalue weighted by molar-refractivity contribution is -0.122. The van der Waals surface area contributed by atoms with Gasteiger partial charge < -0.3 is 56.7 Å². The molecule has 4 amide bonds. The highest BCUT2D eigenvalue weighted by Gasteiger charge is 2.42. The molecule has 6 atom stereocenters. The van der Waals surface area contributed by atoms with E-state index in [2.05, 4.69) is 53.4 Å². The minimum atomic E-state index is -0.144. The Morgan fingerprint density at radius 3 is 1.62 bits per heavy atom. The normalized spacial score (nSPS) is 20.7. The Bertz CT molecular complexity index is 1770. The van der Waals surface area contributed by atoms with Crippen LogP contribution in [-0.2, 0) is 35.1 Å². The van der Waals surface area contributed by atoms with Crippen LogP contribution in [0.15, 0.2) is 24.3 Å². The first-order valence-electron chi connectivity index (χ1n) is 26.7. The Hall–Kier alpha value is -4.26. The number of unbranched alkanes of at least 4 members (excludes halogenated alkanes) is 8. The number of nitrogens with zero attached hydrogens (tertiary/aromatic N) is 1. The van der Waals surface area contributed by atoms with Crippen LogP contribution in [0.1, 0.15) is 125 Å². The van der Waals surface area contributed by atoms with Gasteiger partial charge in [-0.25, -0.2) is 0 Å². The highest BCUT2D eigenvalue weighted by Crippen LogP contribution is 2.34. The number of fused-ring (bicyclic) bond motifs is 2. The zero-order valence-corrected chi connectivity index (χ0v) is 44.2. The standard InChI is InChI=1S/C52H85N11O7S2/c1-2-24-55-47(66)23-30-68-32-34-70-35-33-69-31-27-58-50(67)40-21-19-39(20-22-40)36-63(28-13-5-3-11-25-56-45(64)17-9-7-15-43-48-41(37-71-43)59-51(53)61-48)29-14-6-4-12-26-57-46(65)18-10-8-16-44-49-42(38-72-44)60-52(54)62-49/h1,19-22,41-44,48-49H,3-18,23-38H2,(H,55,66)(H,56,64)(H,57,65)(H,58,67)(H3,53,59,61)(H3,54,60,62). The summed E-state index contributed by atoms with van der Waals surface area (Å²) in [4.78, 5) is 51.9. The van der Waals surface area contributed by atoms with Gasteiger partial charge in [0.15, 0.2) is 11.9 Å². The van der Waals surface area contributed by atoms with Gasteiger partial charge in [0.05, 0.1) is 70.4 Å². The molecule has 0 bridgehead atoms. The molecular weight excluding hydrogens is 955 g/mol. The number of carbonyl (C=O) groups excluding carboxylic acids is 4. The van der Waals surface area contributed by atoms with Crippen LogP contribution in [0.2, 0.25) is 0 Å². The number of thioether (sulfide) groups is 2. The topological polar surface area (TPSA) is 243 Å². The zero-order chi connectivity index (χ0) is 51.0. The molecule has 1 aromatic carbocycles. The Balaban J connectivity index is 0.910. The van der Waals surface area contributed by atoms with Crippen molar-refractivity contribution in [3.05, 3.63) is 35.4 Å². The number of terminal acetylenes is 1. The molecule has 4 aliphatic heterocycles. The fourth-order valence-corrected chi connectivity index (χ4v) is 12.5. The molecule has 5 rings (SSSR count). The molecule has 0 radical (unpaired) electrons. The van der Waals surface area contributed by atoms with Gasteiger partial charge in [-0.1, -0.05) is 56.6 Å². The highest BCUT2D eigenvalue weighted by atomic mass is 32.2. The van der Waals surface area contributed by atoms with Gasteiger partial charge in [0, 0.05) is 73.0 Å². The smallest absolute Gasteiger partial charge is 0.251 e. The summed E-state index contributed by atoms with van der Waals surface area (Å²) in [6, 6.07) is 9.25. The second-order valence-corrected chi connectivity index (χ2v) is 21.7. The quantitative estimate of drug-likeness (QED) is 0.0332. The van der Waals surface area contributed by atoms with E-state index in [1.807, 2.05) is 47.8 Å². The van der Waals surface area contributed by atoms with E-state index in [1.54, 1.807) is 0 Å². The largest absolute Gasteiger partial charge is 0.379 e. The third-order valence-corrected chi connectivity index (χ3v) is 16.4. The van der Waals surface area contributed by atoms with Crippen LogP contribution in [-0.4, -0.2) is 166 Å². The molecule has 402 valence electrons. The van der Waals surface area contributed by atoms with Crippen LogP contribution in [0.3, 0.4) is 0 Å². The minimum Gasteiger partial charge on any atom is -0.379 e. The molecule has 72 heavy (non-hydrogen) atoms. The van der Waals surface area contributed by atoms with Crippen LogP contribution in [0.25, 0.3) is 0 Å². The maximum Gasteiger partial charge on any atom is 0.251 e. The molecule has 10 N–H and O–H groups in total. The van der Waals surface area contributed by atoms with E-state index in [4.69, 9.17) is 31.5 Å². The molecular formula is C52H85N11O7S2. The van der Waals surface area contributed by atoms with E-state index < -0.39 is 0 Å². The first kappa shape index (κ1) is 58.6. The predicted molar refractivity (Wildman–Crippen MR) is 289 cm³/mol. The summed E-state index contributed by atoms with van der Waals surface area (Å²) in [5.41, 5.74) is 1.77. The van der Waals surface area contributed by atoms with Crippen molar-refractivity contribution in [3.63, 3.8) is 0 Å². The van der Waals surface area contributed by atoms with Gasteiger partial charge in [0.1, 0.15) is 0 Å². The van der Waals surface area contributed by atoms with Gasteiger partial charge in [0.2, 0.25) is 17.7 Å². The van der Waals surface area contributed by atoms with Gasteiger partial charge in [-0.05, 0) is 82.2 Å². The molecule has 20 heteroatoms. The summed E-state index contributed by atoms with van der Waals surface area (Å²) >= 11 is 3.94. The molecule has 1 aromatic rings. The Labute approximate surface area is 437 Å². The van der Waals surface area contributed by atoms with E-state index in [9.17, 15) is 19.2 Å². The fourth-order valence-electron chi connectivity index (χ4n) is 9.45. The van der Waals surface area contributed by atoms with Crippen molar-refractivity contribution >= 4 is 59.1 Å². The summed E-state index contributed by atoms with van der Waals surface area (Å²) < 4.78 is 16.5. The van der Waals surface area contributed by atoms with Crippen LogP contribution < -0.4 is 42.5 Å². The number of nitrogens with one attached hydrogen (secondary N) is 10. The summed E-state index contributed by atoms with van der Waals surface area (Å²) in [7, 11) is 0. The lowest BCUT2D eigenvalue weighted by Gasteiger charge is -2.23. The SMILES string of the molecule is C#CCNC(=O)CCOCCOCCOCCNC(=O)c1ccc(CN(CCCCCCNC(=O)CCCCC2SCC3NC(=N)NC32)CCCCCCNC(=O)CCCCC2SCC3NC(=N)NC32)cc1. The minimum absolute atomic E-state index is 0.141. The van der Waals surface area contributed by atoms with Crippen molar-refractivity contribution in [2.24, 2.45) is 0 Å². The number of amides is 4. The first-order valence-corrected chi connectivity index (χ1v) is 28.8. The summed E-state index contributed by atoms with van der Waals surface area (Å²) in [6.45, 7) is 7.02. The third-order valence-electron chi connectivity index (χ3n) is 13.4. The van der Waals surface area contributed by atoms with Gasteiger partial charge in [-0.2, -0.15) is 23.5 Å². The fraction of sp³-hybridized carbons (Fsp3) is 0.731. The van der Waals surface area contributed by atoms with Crippen molar-refractivity contribution in [1.29, 1.82) is 10.8 Å². The van der Waals surface area contributed by atoms with Gasteiger partial charge in [-0.15, -0.1) is 6.42 Å². The maximum atomic E-state index is 12.9. The maximum absolute atomic E-state index is 12.9. The number of benzene rings is 1. The monoisotopic (exact) mass is 1040 g/mol. The third kappa shape index (κ3) is 23.3. The molecule has 4 aliphatic rings. The summed E-state index contributed by atoms with van der Waals surface area (Å²) in [5, 5.41) is 41.4. The zero-order valence-electron chi connectivity index (χ0n) is 42.6. The van der Waals surface area contributed by atoms with E-state index >= 15 is 0 Å². The summed E-state index contributed by atoms with van der Waals surface area (Å²) in [5.74, 6) is 5.31. The van der Waals surface area contributed by atoms with Gasteiger partial charge >= 0.3 is 0 Å². The van der Waals surface area contributed by atoms with Crippen molar-refractivity contribution in [3.8, 4) is 12.3 Å². The number of ether oxygens (including phenoxy) is 3. The number of hydrogen-bond acceptors (Lipinski definition) is 12. The van der Waals surface area contributed by atoms with Crippen LogP contribution in [0.4, 0.5) is 0 Å². The molecule has 4 saturated heterocycles. The lowest BCUT2D eigenvalue weighted by Crippen LogP contribution is -2.36. The molecule has 0 saturated carbocycles. The lowest BCUT2D eigenvalue weighted by atomic mass is 10.0. The molecule has 18 nitrogen and oxygen atoms in total. The average molecular weight is 1040 g/mol. The number of rotatable bonds is 40. The Kier molecular flexibility index (Phi) is 28.5. The molecule has 4 fully saturated rings. The van der Waals surface area contributed by atoms with E-state index in [0.29, 0.717) is 124 Å². The molecule has 0 spiro atoms. The summed E-state index contributed by atoms with van der Waals surface area (Å²) in [6.07, 6.45) is 20.9. The van der Waals surface area contributed by atoms with Crippen LogP contribution in [0, 0.1) is 23.2 Å². The van der Waals surface area contributed by atoms with Crippen molar-refractivity contribution < 1.29 is 33.4 Å². The second-order valence-electron chi connectivity index (χ2n) is 19.2. The molecule has 6 unspecified atom stereocenters. The van der Waals surface area contributed by atoms with E-state index in [1.165, 1.54) is 0 Å². The molecule has 0 aliphatic carbocycles. The second kappa shape index (κ2) is 35.0. The Morgan fingerprint density at radius 1 is 0.583 bits per heavy atom. The molecule has 0 aromatic heterocycles.